The second-order valence-electron chi connectivity index (χ2n) is 2.74. The standard InChI is InChI=1S/C12H15N2/c1-4-8-11(13-3)12-9-6-7-10-14(12)5-2/h4-10,13H,1-2H2,3H3/q+1/b11-8-. The summed E-state index contributed by atoms with van der Waals surface area (Å²) in [5, 5.41) is 3.12. The molecule has 0 bridgehead atoms. The van der Waals surface area contributed by atoms with Gasteiger partial charge in [-0.15, -0.1) is 0 Å². The first kappa shape index (κ1) is 10.3. The van der Waals surface area contributed by atoms with Crippen molar-refractivity contribution in [1.29, 1.82) is 0 Å². The van der Waals surface area contributed by atoms with Crippen molar-refractivity contribution >= 4 is 11.9 Å². The average Bonchev–Trinajstić information content (AvgIpc) is 2.26. The molecule has 1 rings (SSSR count). The Labute approximate surface area is 84.9 Å². The number of nitrogens with zero attached hydrogens (tertiary/aromatic N) is 1. The molecule has 2 nitrogen and oxygen atoms in total. The summed E-state index contributed by atoms with van der Waals surface area (Å²) in [6, 6.07) is 5.98. The quantitative estimate of drug-likeness (QED) is 0.561. The van der Waals surface area contributed by atoms with E-state index in [0.29, 0.717) is 0 Å². The zero-order valence-corrected chi connectivity index (χ0v) is 8.40. The number of allylic oxidation sites excluding steroid dienone is 2. The van der Waals surface area contributed by atoms with Gasteiger partial charge in [-0.25, -0.2) is 0 Å². The first-order valence-corrected chi connectivity index (χ1v) is 4.47. The molecule has 0 spiro atoms. The third-order valence-corrected chi connectivity index (χ3v) is 1.92. The minimum atomic E-state index is 1.01. The highest BCUT2D eigenvalue weighted by molar-refractivity contribution is 5.60. The van der Waals surface area contributed by atoms with Crippen molar-refractivity contribution in [3.63, 3.8) is 0 Å². The molecule has 2 heteroatoms. The molecule has 72 valence electrons. The predicted octanol–water partition coefficient (Wildman–Crippen LogP) is 1.82. The van der Waals surface area contributed by atoms with Crippen LogP contribution >= 0.6 is 0 Å². The summed E-state index contributed by atoms with van der Waals surface area (Å²) in [6.07, 6.45) is 7.40. The van der Waals surface area contributed by atoms with Gasteiger partial charge in [0.15, 0.2) is 12.4 Å². The second kappa shape index (κ2) is 5.02. The Bertz CT molecular complexity index is 364. The summed E-state index contributed by atoms with van der Waals surface area (Å²) in [7, 11) is 1.88. The lowest BCUT2D eigenvalue weighted by molar-refractivity contribution is -0.570. The van der Waals surface area contributed by atoms with Gasteiger partial charge in [-0.05, 0) is 18.7 Å². The van der Waals surface area contributed by atoms with Crippen LogP contribution in [0.2, 0.25) is 0 Å². The number of aromatic nitrogens is 1. The maximum absolute atomic E-state index is 3.75. The highest BCUT2D eigenvalue weighted by Crippen LogP contribution is 2.05. The van der Waals surface area contributed by atoms with E-state index in [9.17, 15) is 0 Å². The molecule has 0 aromatic carbocycles. The van der Waals surface area contributed by atoms with Crippen molar-refractivity contribution < 1.29 is 4.57 Å². The van der Waals surface area contributed by atoms with Gasteiger partial charge in [-0.2, -0.15) is 4.57 Å². The second-order valence-corrected chi connectivity index (χ2v) is 2.74. The lowest BCUT2D eigenvalue weighted by Gasteiger charge is -2.03. The summed E-state index contributed by atoms with van der Waals surface area (Å²) in [5.41, 5.74) is 2.07. The van der Waals surface area contributed by atoms with Crippen molar-refractivity contribution in [2.75, 3.05) is 7.05 Å². The molecule has 0 aliphatic carbocycles. The fraction of sp³-hybridized carbons (Fsp3) is 0.0833. The van der Waals surface area contributed by atoms with Crippen LogP contribution in [0.4, 0.5) is 0 Å². The van der Waals surface area contributed by atoms with Crippen molar-refractivity contribution in [2.45, 2.75) is 0 Å². The van der Waals surface area contributed by atoms with E-state index >= 15 is 0 Å². The maximum Gasteiger partial charge on any atom is 0.233 e. The Kier molecular flexibility index (Phi) is 3.68. The minimum Gasteiger partial charge on any atom is -0.383 e. The molecule has 0 atom stereocenters. The van der Waals surface area contributed by atoms with Crippen molar-refractivity contribution in [3.05, 3.63) is 55.4 Å². The summed E-state index contributed by atoms with van der Waals surface area (Å²) < 4.78 is 1.95. The molecule has 0 amide bonds. The number of pyridine rings is 1. The maximum atomic E-state index is 3.75. The van der Waals surface area contributed by atoms with E-state index in [0.717, 1.165) is 11.4 Å². The summed E-state index contributed by atoms with van der Waals surface area (Å²) in [5.74, 6) is 0. The van der Waals surface area contributed by atoms with Crippen molar-refractivity contribution in [3.8, 4) is 0 Å². The van der Waals surface area contributed by atoms with E-state index in [4.69, 9.17) is 0 Å². The Balaban J connectivity index is 3.21. The SMILES string of the molecule is C=C/C=C(\NC)c1cccc[n+]1C=C. The summed E-state index contributed by atoms with van der Waals surface area (Å²) >= 11 is 0. The van der Waals surface area contributed by atoms with E-state index < -0.39 is 0 Å². The number of nitrogens with one attached hydrogen (secondary N) is 1. The van der Waals surface area contributed by atoms with Crippen LogP contribution in [0.5, 0.6) is 0 Å². The van der Waals surface area contributed by atoms with Gasteiger partial charge < -0.3 is 5.32 Å². The molecule has 0 saturated carbocycles. The first-order valence-electron chi connectivity index (χ1n) is 4.47. The zero-order chi connectivity index (χ0) is 10.4. The lowest BCUT2D eigenvalue weighted by atomic mass is 10.2. The van der Waals surface area contributed by atoms with E-state index in [1.807, 2.05) is 42.1 Å². The van der Waals surface area contributed by atoms with Gasteiger partial charge in [-0.1, -0.05) is 12.7 Å². The third kappa shape index (κ3) is 2.10. The topological polar surface area (TPSA) is 15.9 Å². The van der Waals surface area contributed by atoms with E-state index in [-0.39, 0.29) is 0 Å². The van der Waals surface area contributed by atoms with Crippen LogP contribution in [-0.4, -0.2) is 7.05 Å². The first-order chi connectivity index (χ1) is 6.83. The van der Waals surface area contributed by atoms with E-state index in [2.05, 4.69) is 18.5 Å². The lowest BCUT2D eigenvalue weighted by Crippen LogP contribution is -2.32. The number of hydrogen-bond donors (Lipinski definition) is 1. The largest absolute Gasteiger partial charge is 0.383 e. The molecule has 0 radical (unpaired) electrons. The molecule has 0 unspecified atom stereocenters. The Morgan fingerprint density at radius 1 is 1.43 bits per heavy atom. The highest BCUT2D eigenvalue weighted by atomic mass is 15.0. The summed E-state index contributed by atoms with van der Waals surface area (Å²) in [6.45, 7) is 7.43. The van der Waals surface area contributed by atoms with Crippen LogP contribution in [0.3, 0.4) is 0 Å². The molecule has 0 aliphatic heterocycles. The Hall–Kier alpha value is -1.83. The van der Waals surface area contributed by atoms with Gasteiger partial charge in [0.25, 0.3) is 0 Å². The predicted molar refractivity (Wildman–Crippen MR) is 60.3 cm³/mol. The molecule has 1 aromatic heterocycles. The van der Waals surface area contributed by atoms with Gasteiger partial charge in [0.2, 0.25) is 5.69 Å². The van der Waals surface area contributed by atoms with Crippen molar-refractivity contribution in [1.82, 2.24) is 5.32 Å². The zero-order valence-electron chi connectivity index (χ0n) is 8.40. The molecule has 0 saturated heterocycles. The van der Waals surface area contributed by atoms with Crippen LogP contribution in [0.25, 0.3) is 11.9 Å². The molecule has 0 fully saturated rings. The number of rotatable bonds is 4. The van der Waals surface area contributed by atoms with Gasteiger partial charge in [-0.3, -0.25) is 0 Å². The molecule has 1 heterocycles. The fourth-order valence-corrected chi connectivity index (χ4v) is 1.26. The number of hydrogen-bond acceptors (Lipinski definition) is 1. The molecule has 1 N–H and O–H groups in total. The monoisotopic (exact) mass is 187 g/mol. The van der Waals surface area contributed by atoms with Crippen LogP contribution in [0, 0.1) is 0 Å². The molecule has 1 aromatic rings. The van der Waals surface area contributed by atoms with Crippen LogP contribution in [0.15, 0.2) is 49.7 Å². The van der Waals surface area contributed by atoms with Crippen molar-refractivity contribution in [2.24, 2.45) is 0 Å². The van der Waals surface area contributed by atoms with Gasteiger partial charge in [0, 0.05) is 19.2 Å². The van der Waals surface area contributed by atoms with Crippen LogP contribution < -0.4 is 9.88 Å². The summed E-state index contributed by atoms with van der Waals surface area (Å²) in [4.78, 5) is 0. The van der Waals surface area contributed by atoms with Gasteiger partial charge in [0.05, 0.1) is 0 Å². The molecule has 0 aliphatic rings. The Morgan fingerprint density at radius 3 is 2.79 bits per heavy atom. The fourth-order valence-electron chi connectivity index (χ4n) is 1.26. The highest BCUT2D eigenvalue weighted by Gasteiger charge is 2.09. The van der Waals surface area contributed by atoms with E-state index in [1.54, 1.807) is 12.3 Å². The minimum absolute atomic E-state index is 1.01. The van der Waals surface area contributed by atoms with E-state index in [1.165, 1.54) is 0 Å². The average molecular weight is 187 g/mol. The third-order valence-electron chi connectivity index (χ3n) is 1.92. The smallest absolute Gasteiger partial charge is 0.233 e. The van der Waals surface area contributed by atoms with Gasteiger partial charge >= 0.3 is 0 Å². The molecular weight excluding hydrogens is 172 g/mol. The van der Waals surface area contributed by atoms with Crippen LogP contribution in [0.1, 0.15) is 5.69 Å². The Morgan fingerprint density at radius 2 is 2.21 bits per heavy atom. The molecular formula is C12H15N2+. The van der Waals surface area contributed by atoms with Crippen LogP contribution in [-0.2, 0) is 0 Å². The normalized spacial score (nSPS) is 10.8. The molecule has 14 heavy (non-hydrogen) atoms. The van der Waals surface area contributed by atoms with Gasteiger partial charge in [0.1, 0.15) is 5.70 Å².